The van der Waals surface area contributed by atoms with Crippen LogP contribution in [0.15, 0.2) is 24.3 Å². The average Bonchev–Trinajstić information content (AvgIpc) is 2.39. The van der Waals surface area contributed by atoms with Gasteiger partial charge in [0.15, 0.2) is 0 Å². The number of hydrogen-bond acceptors (Lipinski definition) is 1. The summed E-state index contributed by atoms with van der Waals surface area (Å²) in [6.07, 6.45) is 6.30. The Morgan fingerprint density at radius 3 is 2.25 bits per heavy atom. The zero-order chi connectivity index (χ0) is 15.0. The minimum atomic E-state index is -0.696. The summed E-state index contributed by atoms with van der Waals surface area (Å²) in [5.41, 5.74) is 2.24. The summed E-state index contributed by atoms with van der Waals surface area (Å²) in [6, 6.07) is 8.15. The summed E-state index contributed by atoms with van der Waals surface area (Å²) in [4.78, 5) is 11.4. The predicted molar refractivity (Wildman–Crippen MR) is 84.1 cm³/mol. The molecule has 0 saturated carbocycles. The summed E-state index contributed by atoms with van der Waals surface area (Å²) in [6.45, 7) is 6.56. The normalized spacial score (nSPS) is 12.6. The van der Waals surface area contributed by atoms with Gasteiger partial charge in [0.25, 0.3) is 0 Å². The lowest BCUT2D eigenvalue weighted by Gasteiger charge is -2.14. The van der Waals surface area contributed by atoms with Gasteiger partial charge in [-0.05, 0) is 29.9 Å². The molecule has 1 N–H and O–H groups in total. The molecule has 0 heterocycles. The maximum absolute atomic E-state index is 11.4. The van der Waals surface area contributed by atoms with Crippen LogP contribution in [0.1, 0.15) is 69.9 Å². The van der Waals surface area contributed by atoms with E-state index in [-0.39, 0.29) is 5.92 Å². The fraction of sp³-hybridized carbons (Fsp3) is 0.611. The Bertz CT molecular complexity index is 392. The number of unbranched alkanes of at least 4 members (excludes halogenated alkanes) is 3. The Balaban J connectivity index is 2.64. The van der Waals surface area contributed by atoms with Gasteiger partial charge in [-0.15, -0.1) is 0 Å². The van der Waals surface area contributed by atoms with E-state index in [0.29, 0.717) is 5.92 Å². The Labute approximate surface area is 123 Å². The molecule has 1 atom stereocenters. The van der Waals surface area contributed by atoms with Crippen LogP contribution in [0.3, 0.4) is 0 Å². The van der Waals surface area contributed by atoms with E-state index in [0.717, 1.165) is 31.2 Å². The molecule has 0 saturated heterocycles. The first kappa shape index (κ1) is 16.7. The molecule has 0 aromatic heterocycles. The van der Waals surface area contributed by atoms with Gasteiger partial charge in [0.05, 0.1) is 5.92 Å². The summed E-state index contributed by atoms with van der Waals surface area (Å²) in [5.74, 6) is -0.414. The van der Waals surface area contributed by atoms with Crippen molar-refractivity contribution in [2.45, 2.75) is 65.2 Å². The van der Waals surface area contributed by atoms with Gasteiger partial charge in [0.2, 0.25) is 0 Å². The second-order valence-electron chi connectivity index (χ2n) is 6.08. The molecule has 0 bridgehead atoms. The van der Waals surface area contributed by atoms with Crippen molar-refractivity contribution in [2.24, 2.45) is 5.92 Å². The highest BCUT2D eigenvalue weighted by Crippen LogP contribution is 2.24. The highest BCUT2D eigenvalue weighted by atomic mass is 16.4. The first-order chi connectivity index (χ1) is 9.54. The molecule has 1 aromatic rings. The molecular weight excluding hydrogens is 248 g/mol. The lowest BCUT2D eigenvalue weighted by molar-refractivity contribution is -0.139. The van der Waals surface area contributed by atoms with Crippen molar-refractivity contribution in [3.63, 3.8) is 0 Å². The maximum Gasteiger partial charge on any atom is 0.310 e. The van der Waals surface area contributed by atoms with Gasteiger partial charge in [-0.25, -0.2) is 0 Å². The Kier molecular flexibility index (Phi) is 7.35. The van der Waals surface area contributed by atoms with Gasteiger partial charge >= 0.3 is 5.97 Å². The van der Waals surface area contributed by atoms with Crippen molar-refractivity contribution in [3.8, 4) is 0 Å². The zero-order valence-corrected chi connectivity index (χ0v) is 13.1. The van der Waals surface area contributed by atoms with Gasteiger partial charge in [-0.2, -0.15) is 0 Å². The molecule has 0 spiro atoms. The fourth-order valence-electron chi connectivity index (χ4n) is 2.57. The Morgan fingerprint density at radius 1 is 1.10 bits per heavy atom. The molecule has 0 aliphatic heterocycles. The molecule has 0 aliphatic carbocycles. The van der Waals surface area contributed by atoms with Crippen LogP contribution in [0.4, 0.5) is 0 Å². The second-order valence-corrected chi connectivity index (χ2v) is 6.08. The van der Waals surface area contributed by atoms with Crippen molar-refractivity contribution in [1.82, 2.24) is 0 Å². The van der Waals surface area contributed by atoms with E-state index in [1.165, 1.54) is 18.4 Å². The van der Waals surface area contributed by atoms with Crippen molar-refractivity contribution in [2.75, 3.05) is 0 Å². The molecular formula is C18H28O2. The third-order valence-electron chi connectivity index (χ3n) is 3.67. The summed E-state index contributed by atoms with van der Waals surface area (Å²) < 4.78 is 0. The number of carboxylic acids is 1. The van der Waals surface area contributed by atoms with Crippen LogP contribution in [0.25, 0.3) is 0 Å². The first-order valence-corrected chi connectivity index (χ1v) is 7.86. The predicted octanol–water partition coefficient (Wildman–Crippen LogP) is 5.02. The summed E-state index contributed by atoms with van der Waals surface area (Å²) in [7, 11) is 0. The topological polar surface area (TPSA) is 37.3 Å². The smallest absolute Gasteiger partial charge is 0.310 e. The van der Waals surface area contributed by atoms with Crippen LogP contribution in [-0.4, -0.2) is 11.1 Å². The van der Waals surface area contributed by atoms with E-state index in [4.69, 9.17) is 0 Å². The fourth-order valence-corrected chi connectivity index (χ4v) is 2.57. The van der Waals surface area contributed by atoms with Gasteiger partial charge < -0.3 is 5.11 Å². The summed E-state index contributed by atoms with van der Waals surface area (Å²) in [5, 5.41) is 9.40. The first-order valence-electron chi connectivity index (χ1n) is 7.86. The van der Waals surface area contributed by atoms with Crippen molar-refractivity contribution in [1.29, 1.82) is 0 Å². The monoisotopic (exact) mass is 276 g/mol. The quantitative estimate of drug-likeness (QED) is 0.643. The lowest BCUT2D eigenvalue weighted by atomic mass is 9.91. The molecule has 1 aromatic carbocycles. The van der Waals surface area contributed by atoms with Crippen LogP contribution in [-0.2, 0) is 11.2 Å². The number of benzene rings is 1. The van der Waals surface area contributed by atoms with E-state index >= 15 is 0 Å². The zero-order valence-electron chi connectivity index (χ0n) is 13.1. The Morgan fingerprint density at radius 2 is 1.75 bits per heavy atom. The number of hydrogen-bond donors (Lipinski definition) is 1. The van der Waals surface area contributed by atoms with Crippen LogP contribution in [0.5, 0.6) is 0 Å². The van der Waals surface area contributed by atoms with E-state index in [9.17, 15) is 9.90 Å². The Hall–Kier alpha value is -1.31. The van der Waals surface area contributed by atoms with Crippen LogP contribution in [0.2, 0.25) is 0 Å². The lowest BCUT2D eigenvalue weighted by Crippen LogP contribution is -2.11. The number of aliphatic carboxylic acids is 1. The molecule has 0 amide bonds. The minimum Gasteiger partial charge on any atom is -0.481 e. The maximum atomic E-state index is 11.4. The summed E-state index contributed by atoms with van der Waals surface area (Å²) >= 11 is 0. The van der Waals surface area contributed by atoms with E-state index in [1.807, 2.05) is 12.1 Å². The van der Waals surface area contributed by atoms with Gasteiger partial charge in [-0.3, -0.25) is 4.79 Å². The molecule has 1 rings (SSSR count). The highest BCUT2D eigenvalue weighted by Gasteiger charge is 2.19. The van der Waals surface area contributed by atoms with Crippen LogP contribution in [0, 0.1) is 5.92 Å². The number of carboxylic acid groups (broad SMARTS) is 1. The number of carbonyl (C=O) groups is 1. The third-order valence-corrected chi connectivity index (χ3v) is 3.67. The van der Waals surface area contributed by atoms with E-state index in [1.54, 1.807) is 0 Å². The van der Waals surface area contributed by atoms with E-state index in [2.05, 4.69) is 32.9 Å². The molecule has 1 unspecified atom stereocenters. The van der Waals surface area contributed by atoms with Gasteiger partial charge in [0, 0.05) is 0 Å². The SMILES string of the molecule is CCCCCCC(C(=O)O)c1ccc(CC(C)C)cc1. The largest absolute Gasteiger partial charge is 0.481 e. The molecule has 0 fully saturated rings. The highest BCUT2D eigenvalue weighted by molar-refractivity contribution is 5.76. The van der Waals surface area contributed by atoms with Crippen molar-refractivity contribution in [3.05, 3.63) is 35.4 Å². The van der Waals surface area contributed by atoms with Crippen LogP contribution >= 0.6 is 0 Å². The van der Waals surface area contributed by atoms with Gasteiger partial charge in [0.1, 0.15) is 0 Å². The molecule has 112 valence electrons. The van der Waals surface area contributed by atoms with Crippen molar-refractivity contribution >= 4 is 5.97 Å². The van der Waals surface area contributed by atoms with Crippen LogP contribution < -0.4 is 0 Å². The molecule has 2 nitrogen and oxygen atoms in total. The molecule has 20 heavy (non-hydrogen) atoms. The standard InChI is InChI=1S/C18H28O2/c1-4-5-6-7-8-17(18(19)20)16-11-9-15(10-12-16)13-14(2)3/h9-12,14,17H,4-8,13H2,1-3H3,(H,19,20). The number of rotatable bonds is 9. The minimum absolute atomic E-state index is 0.347. The molecule has 0 radical (unpaired) electrons. The molecule has 2 heteroatoms. The average molecular weight is 276 g/mol. The molecule has 0 aliphatic rings. The van der Waals surface area contributed by atoms with E-state index < -0.39 is 5.97 Å². The second kappa shape index (κ2) is 8.78. The van der Waals surface area contributed by atoms with Crippen molar-refractivity contribution < 1.29 is 9.90 Å². The third kappa shape index (κ3) is 5.77. The van der Waals surface area contributed by atoms with Gasteiger partial charge in [-0.1, -0.05) is 70.7 Å².